The maximum Gasteiger partial charge on any atom is 0.254 e. The molecule has 2 atom stereocenters. The Morgan fingerprint density at radius 2 is 1.74 bits per heavy atom. The number of benzene rings is 2. The minimum atomic E-state index is -0.487. The van der Waals surface area contributed by atoms with E-state index >= 15 is 0 Å². The van der Waals surface area contributed by atoms with Crippen molar-refractivity contribution >= 4 is 11.8 Å². The second-order valence-corrected chi connectivity index (χ2v) is 9.78. The molecule has 2 aromatic rings. The summed E-state index contributed by atoms with van der Waals surface area (Å²) >= 11 is 0. The number of hydrogen-bond acceptors (Lipinski definition) is 4. The van der Waals surface area contributed by atoms with Gasteiger partial charge in [-0.1, -0.05) is 24.3 Å². The first-order valence-corrected chi connectivity index (χ1v) is 12.4. The average Bonchev–Trinajstić information content (AvgIpc) is 3.61. The summed E-state index contributed by atoms with van der Waals surface area (Å²) in [6.45, 7) is 6.35. The number of rotatable bonds is 6. The molecule has 2 heterocycles. The van der Waals surface area contributed by atoms with E-state index in [0.717, 1.165) is 32.5 Å². The van der Waals surface area contributed by atoms with Gasteiger partial charge in [-0.05, 0) is 61.6 Å². The van der Waals surface area contributed by atoms with E-state index in [9.17, 15) is 14.0 Å². The molecule has 0 bridgehead atoms. The average molecular weight is 465 g/mol. The maximum atomic E-state index is 13.6. The first-order chi connectivity index (χ1) is 16.5. The summed E-state index contributed by atoms with van der Waals surface area (Å²) in [6, 6.07) is 14.2. The van der Waals surface area contributed by atoms with Gasteiger partial charge in [-0.3, -0.25) is 14.5 Å². The molecule has 0 aromatic heterocycles. The Kier molecular flexibility index (Phi) is 6.66. The van der Waals surface area contributed by atoms with E-state index in [1.165, 1.54) is 35.4 Å². The highest BCUT2D eigenvalue weighted by Crippen LogP contribution is 2.36. The van der Waals surface area contributed by atoms with Crippen LogP contribution in [0.2, 0.25) is 0 Å². The van der Waals surface area contributed by atoms with Crippen LogP contribution in [-0.2, 0) is 11.3 Å². The highest BCUT2D eigenvalue weighted by atomic mass is 19.1. The molecule has 2 saturated heterocycles. The largest absolute Gasteiger partial charge is 0.338 e. The van der Waals surface area contributed by atoms with Gasteiger partial charge < -0.3 is 15.1 Å². The van der Waals surface area contributed by atoms with Crippen LogP contribution in [-0.4, -0.2) is 77.4 Å². The Bertz CT molecular complexity index is 1030. The van der Waals surface area contributed by atoms with Gasteiger partial charge in [0.2, 0.25) is 5.91 Å². The summed E-state index contributed by atoms with van der Waals surface area (Å²) in [5.41, 5.74) is 2.98. The quantitative estimate of drug-likeness (QED) is 0.715. The summed E-state index contributed by atoms with van der Waals surface area (Å²) in [6.07, 6.45) is 2.95. The lowest BCUT2D eigenvalue weighted by atomic mass is 10.1. The number of nitrogens with zero attached hydrogens (tertiary/aromatic N) is 3. The molecule has 2 aromatic carbocycles. The second-order valence-electron chi connectivity index (χ2n) is 9.78. The van der Waals surface area contributed by atoms with Crippen molar-refractivity contribution in [1.29, 1.82) is 0 Å². The van der Waals surface area contributed by atoms with Crippen molar-refractivity contribution in [3.63, 3.8) is 0 Å². The Morgan fingerprint density at radius 3 is 2.41 bits per heavy atom. The Morgan fingerprint density at radius 1 is 1.03 bits per heavy atom. The monoisotopic (exact) mass is 464 g/mol. The normalized spacial score (nSPS) is 22.9. The van der Waals surface area contributed by atoms with Crippen LogP contribution in [0.15, 0.2) is 48.5 Å². The van der Waals surface area contributed by atoms with Crippen molar-refractivity contribution in [2.24, 2.45) is 0 Å². The van der Waals surface area contributed by atoms with Gasteiger partial charge in [0.05, 0.1) is 0 Å². The molecule has 5 rings (SSSR count). The topological polar surface area (TPSA) is 55.9 Å². The number of piperazine rings is 1. The molecule has 6 nitrogen and oxygen atoms in total. The number of aryl methyl sites for hydroxylation is 1. The van der Waals surface area contributed by atoms with Crippen LogP contribution in [0.25, 0.3) is 0 Å². The fourth-order valence-corrected chi connectivity index (χ4v) is 5.31. The number of amides is 2. The van der Waals surface area contributed by atoms with Crippen molar-refractivity contribution in [2.45, 2.75) is 50.9 Å². The number of likely N-dealkylation sites (tertiary alicyclic amines) is 1. The van der Waals surface area contributed by atoms with E-state index in [-0.39, 0.29) is 23.7 Å². The third-order valence-electron chi connectivity index (χ3n) is 7.44. The van der Waals surface area contributed by atoms with E-state index in [1.807, 2.05) is 4.90 Å². The number of carbonyl (C=O) groups is 2. The number of halogens is 1. The molecule has 2 amide bonds. The van der Waals surface area contributed by atoms with E-state index in [4.69, 9.17) is 0 Å². The molecule has 180 valence electrons. The van der Waals surface area contributed by atoms with Crippen LogP contribution in [0.5, 0.6) is 0 Å². The minimum absolute atomic E-state index is 0.0334. The molecular formula is C27H33FN4O2. The zero-order chi connectivity index (χ0) is 23.7. The smallest absolute Gasteiger partial charge is 0.254 e. The first-order valence-electron chi connectivity index (χ1n) is 12.4. The molecule has 1 N–H and O–H groups in total. The Hall–Kier alpha value is -2.77. The molecule has 3 fully saturated rings. The number of carbonyl (C=O) groups excluding carboxylic acids is 2. The molecule has 1 aliphatic carbocycles. The Labute approximate surface area is 200 Å². The van der Waals surface area contributed by atoms with Crippen LogP contribution in [0.4, 0.5) is 4.39 Å². The lowest BCUT2D eigenvalue weighted by Crippen LogP contribution is -2.53. The standard InChI is InChI=1S/C27H33FN4O2/c1-19-4-2-3-5-21(19)17-31(23-10-11-23)24-16-25(27(34)30-14-12-29-13-15-30)32(18-24)26(33)20-6-8-22(28)9-7-20/h2-9,23-25,29H,10-18H2,1H3. The van der Waals surface area contributed by atoms with Crippen LogP contribution in [0.1, 0.15) is 40.7 Å². The van der Waals surface area contributed by atoms with Crippen molar-refractivity contribution in [2.75, 3.05) is 32.7 Å². The summed E-state index contributed by atoms with van der Waals surface area (Å²) in [5.74, 6) is -0.531. The summed E-state index contributed by atoms with van der Waals surface area (Å²) in [5, 5.41) is 3.29. The summed E-state index contributed by atoms with van der Waals surface area (Å²) < 4.78 is 13.5. The van der Waals surface area contributed by atoms with Gasteiger partial charge in [-0.15, -0.1) is 0 Å². The highest BCUT2D eigenvalue weighted by Gasteiger charge is 2.46. The predicted molar refractivity (Wildman–Crippen MR) is 129 cm³/mol. The van der Waals surface area contributed by atoms with E-state index in [0.29, 0.717) is 37.7 Å². The predicted octanol–water partition coefficient (Wildman–Crippen LogP) is 2.81. The summed E-state index contributed by atoms with van der Waals surface area (Å²) in [4.78, 5) is 33.3. The third kappa shape index (κ3) is 4.86. The van der Waals surface area contributed by atoms with Crippen molar-refractivity contribution < 1.29 is 14.0 Å². The van der Waals surface area contributed by atoms with Crippen molar-refractivity contribution in [1.82, 2.24) is 20.0 Å². The SMILES string of the molecule is Cc1ccccc1CN(C1CC1)C1CC(C(=O)N2CCNCC2)N(C(=O)c2ccc(F)cc2)C1. The molecule has 7 heteroatoms. The zero-order valence-corrected chi connectivity index (χ0v) is 19.8. The van der Waals surface area contributed by atoms with Gasteiger partial charge in [0.1, 0.15) is 11.9 Å². The Balaban J connectivity index is 1.41. The van der Waals surface area contributed by atoms with E-state index < -0.39 is 6.04 Å². The molecule has 0 spiro atoms. The van der Waals surface area contributed by atoms with Gasteiger partial charge >= 0.3 is 0 Å². The lowest BCUT2D eigenvalue weighted by Gasteiger charge is -2.32. The lowest BCUT2D eigenvalue weighted by molar-refractivity contribution is -0.135. The van der Waals surface area contributed by atoms with Crippen molar-refractivity contribution in [3.8, 4) is 0 Å². The van der Waals surface area contributed by atoms with E-state index in [1.54, 1.807) is 4.90 Å². The molecule has 34 heavy (non-hydrogen) atoms. The fraction of sp³-hybridized carbons (Fsp3) is 0.481. The highest BCUT2D eigenvalue weighted by molar-refractivity contribution is 5.98. The van der Waals surface area contributed by atoms with Gasteiger partial charge in [0.25, 0.3) is 5.91 Å². The fourth-order valence-electron chi connectivity index (χ4n) is 5.31. The molecule has 3 aliphatic rings. The molecule has 1 saturated carbocycles. The molecular weight excluding hydrogens is 431 g/mol. The first kappa shape index (κ1) is 23.0. The van der Waals surface area contributed by atoms with Crippen LogP contribution < -0.4 is 5.32 Å². The van der Waals surface area contributed by atoms with Crippen LogP contribution in [0.3, 0.4) is 0 Å². The minimum Gasteiger partial charge on any atom is -0.338 e. The molecule has 0 radical (unpaired) electrons. The van der Waals surface area contributed by atoms with Gasteiger partial charge in [-0.2, -0.15) is 0 Å². The third-order valence-corrected chi connectivity index (χ3v) is 7.44. The second kappa shape index (κ2) is 9.84. The van der Waals surface area contributed by atoms with Gasteiger partial charge in [0.15, 0.2) is 0 Å². The number of nitrogens with one attached hydrogen (secondary N) is 1. The van der Waals surface area contributed by atoms with E-state index in [2.05, 4.69) is 41.4 Å². The van der Waals surface area contributed by atoms with Crippen molar-refractivity contribution in [3.05, 3.63) is 71.0 Å². The summed E-state index contributed by atoms with van der Waals surface area (Å²) in [7, 11) is 0. The zero-order valence-electron chi connectivity index (χ0n) is 19.8. The maximum absolute atomic E-state index is 13.6. The van der Waals surface area contributed by atoms with Crippen LogP contribution in [0, 0.1) is 12.7 Å². The van der Waals surface area contributed by atoms with Gasteiger partial charge in [0, 0.05) is 56.9 Å². The van der Waals surface area contributed by atoms with Crippen LogP contribution >= 0.6 is 0 Å². The number of hydrogen-bond donors (Lipinski definition) is 1. The van der Waals surface area contributed by atoms with Gasteiger partial charge in [-0.25, -0.2) is 4.39 Å². The molecule has 2 unspecified atom stereocenters. The molecule has 2 aliphatic heterocycles.